The number of fused-ring (bicyclic) bond motifs is 3. The third-order valence-electron chi connectivity index (χ3n) is 4.45. The van der Waals surface area contributed by atoms with Gasteiger partial charge in [-0.05, 0) is 24.3 Å². The van der Waals surface area contributed by atoms with Crippen molar-refractivity contribution >= 4 is 34.2 Å². The Hall–Kier alpha value is -3.72. The van der Waals surface area contributed by atoms with Crippen molar-refractivity contribution in [2.75, 3.05) is 0 Å². The highest BCUT2D eigenvalue weighted by molar-refractivity contribution is 6.02. The Bertz CT molecular complexity index is 1190. The molecule has 4 rings (SSSR count). The van der Waals surface area contributed by atoms with Gasteiger partial charge in [-0.1, -0.05) is 13.2 Å². The fourth-order valence-corrected chi connectivity index (χ4v) is 3.18. The summed E-state index contributed by atoms with van der Waals surface area (Å²) in [5, 5.41) is 10.1. The largest absolute Gasteiger partial charge is 0.330 e. The molecule has 0 saturated heterocycles. The first-order valence-electron chi connectivity index (χ1n) is 8.11. The zero-order chi connectivity index (χ0) is 18.3. The van der Waals surface area contributed by atoms with Gasteiger partial charge in [0.15, 0.2) is 0 Å². The Morgan fingerprint density at radius 1 is 1.23 bits per heavy atom. The third kappa shape index (κ3) is 2.38. The van der Waals surface area contributed by atoms with Gasteiger partial charge in [-0.15, -0.1) is 0 Å². The first kappa shape index (κ1) is 15.8. The summed E-state index contributed by atoms with van der Waals surface area (Å²) < 4.78 is 3.88. The molecule has 3 aromatic heterocycles. The van der Waals surface area contributed by atoms with Gasteiger partial charge in [-0.3, -0.25) is 4.98 Å². The molecule has 4 aromatic rings. The smallest absolute Gasteiger partial charge is 0.136 e. The van der Waals surface area contributed by atoms with Crippen LogP contribution in [0.15, 0.2) is 43.8 Å². The standard InChI is InChI=1S/C20H16N6/c1-4-18-23-14(12-26(18)5-2)9-19-24-17-11-22-16-7-6-13(10-21)8-15(16)20(17)25(19)3/h4-8,11-12H,1-2,9H2,3H3. The molecule has 26 heavy (non-hydrogen) atoms. The van der Waals surface area contributed by atoms with Crippen molar-refractivity contribution in [1.82, 2.24) is 24.1 Å². The van der Waals surface area contributed by atoms with Crippen LogP contribution < -0.4 is 0 Å². The van der Waals surface area contributed by atoms with Crippen LogP contribution in [0, 0.1) is 11.3 Å². The van der Waals surface area contributed by atoms with Gasteiger partial charge in [0.05, 0.1) is 34.6 Å². The number of benzene rings is 1. The van der Waals surface area contributed by atoms with Crippen molar-refractivity contribution < 1.29 is 0 Å². The molecule has 0 aliphatic heterocycles. The Morgan fingerprint density at radius 2 is 2.08 bits per heavy atom. The van der Waals surface area contributed by atoms with Gasteiger partial charge >= 0.3 is 0 Å². The molecule has 1 aromatic carbocycles. The lowest BCUT2D eigenvalue weighted by atomic mass is 10.1. The van der Waals surface area contributed by atoms with Crippen molar-refractivity contribution in [3.63, 3.8) is 0 Å². The molecule has 0 bridgehead atoms. The zero-order valence-corrected chi connectivity index (χ0v) is 14.3. The molecule has 0 amide bonds. The summed E-state index contributed by atoms with van der Waals surface area (Å²) in [5.41, 5.74) is 4.10. The second-order valence-corrected chi connectivity index (χ2v) is 5.98. The number of hydrogen-bond donors (Lipinski definition) is 0. The molecule has 0 aliphatic carbocycles. The molecule has 0 unspecified atom stereocenters. The number of rotatable bonds is 4. The van der Waals surface area contributed by atoms with Gasteiger partial charge in [0.25, 0.3) is 0 Å². The number of aromatic nitrogens is 5. The molecular weight excluding hydrogens is 324 g/mol. The molecular formula is C20H16N6. The van der Waals surface area contributed by atoms with E-state index >= 15 is 0 Å². The van der Waals surface area contributed by atoms with Crippen LogP contribution >= 0.6 is 0 Å². The van der Waals surface area contributed by atoms with E-state index in [2.05, 4.69) is 29.2 Å². The van der Waals surface area contributed by atoms with E-state index in [0.29, 0.717) is 12.0 Å². The molecule has 3 heterocycles. The fourth-order valence-electron chi connectivity index (χ4n) is 3.18. The van der Waals surface area contributed by atoms with Crippen LogP contribution in [-0.2, 0) is 13.5 Å². The van der Waals surface area contributed by atoms with E-state index in [1.807, 2.05) is 34.5 Å². The summed E-state index contributed by atoms with van der Waals surface area (Å²) in [5.74, 6) is 1.63. The molecule has 0 radical (unpaired) electrons. The molecule has 6 nitrogen and oxygen atoms in total. The van der Waals surface area contributed by atoms with Gasteiger partial charge in [-0.2, -0.15) is 5.26 Å². The second kappa shape index (κ2) is 5.97. The maximum absolute atomic E-state index is 9.19. The maximum Gasteiger partial charge on any atom is 0.136 e. The molecule has 0 saturated carbocycles. The van der Waals surface area contributed by atoms with E-state index in [-0.39, 0.29) is 0 Å². The minimum Gasteiger partial charge on any atom is -0.330 e. The average Bonchev–Trinajstić information content (AvgIpc) is 3.22. The van der Waals surface area contributed by atoms with Gasteiger partial charge in [-0.25, -0.2) is 9.97 Å². The lowest BCUT2D eigenvalue weighted by molar-refractivity contribution is 0.836. The molecule has 0 fully saturated rings. The van der Waals surface area contributed by atoms with E-state index in [1.54, 1.807) is 24.5 Å². The van der Waals surface area contributed by atoms with Gasteiger partial charge in [0.1, 0.15) is 17.2 Å². The van der Waals surface area contributed by atoms with Crippen LogP contribution in [0.5, 0.6) is 0 Å². The number of aryl methyl sites for hydroxylation is 1. The van der Waals surface area contributed by atoms with Crippen LogP contribution in [0.3, 0.4) is 0 Å². The highest BCUT2D eigenvalue weighted by Crippen LogP contribution is 2.25. The van der Waals surface area contributed by atoms with Crippen molar-refractivity contribution in [1.29, 1.82) is 5.26 Å². The predicted octanol–water partition coefficient (Wildman–Crippen LogP) is 3.52. The number of pyridine rings is 1. The fraction of sp³-hybridized carbons (Fsp3) is 0.100. The molecule has 0 N–H and O–H groups in total. The average molecular weight is 340 g/mol. The first-order valence-corrected chi connectivity index (χ1v) is 8.11. The summed E-state index contributed by atoms with van der Waals surface area (Å²) in [4.78, 5) is 13.7. The Morgan fingerprint density at radius 3 is 2.77 bits per heavy atom. The summed E-state index contributed by atoms with van der Waals surface area (Å²) in [6.45, 7) is 7.56. The van der Waals surface area contributed by atoms with Crippen molar-refractivity contribution in [3.8, 4) is 6.07 Å². The Kier molecular flexibility index (Phi) is 3.63. The monoisotopic (exact) mass is 340 g/mol. The van der Waals surface area contributed by atoms with E-state index in [9.17, 15) is 5.26 Å². The normalized spacial score (nSPS) is 10.9. The van der Waals surface area contributed by atoms with E-state index in [0.717, 1.165) is 39.3 Å². The summed E-state index contributed by atoms with van der Waals surface area (Å²) in [7, 11) is 1.97. The third-order valence-corrected chi connectivity index (χ3v) is 4.45. The van der Waals surface area contributed by atoms with E-state index in [4.69, 9.17) is 4.98 Å². The highest BCUT2D eigenvalue weighted by Gasteiger charge is 2.14. The number of hydrogen-bond acceptors (Lipinski definition) is 4. The van der Waals surface area contributed by atoms with E-state index < -0.39 is 0 Å². The van der Waals surface area contributed by atoms with Crippen LogP contribution in [0.25, 0.3) is 34.2 Å². The van der Waals surface area contributed by atoms with Gasteiger partial charge in [0, 0.05) is 31.3 Å². The number of nitriles is 1. The Labute approximate surface area is 150 Å². The summed E-state index contributed by atoms with van der Waals surface area (Å²) in [6, 6.07) is 7.68. The van der Waals surface area contributed by atoms with Crippen molar-refractivity contribution in [3.05, 3.63) is 66.7 Å². The molecule has 0 atom stereocenters. The van der Waals surface area contributed by atoms with Gasteiger partial charge < -0.3 is 9.13 Å². The number of imidazole rings is 2. The van der Waals surface area contributed by atoms with Crippen LogP contribution in [0.1, 0.15) is 22.9 Å². The summed E-state index contributed by atoms with van der Waals surface area (Å²) >= 11 is 0. The van der Waals surface area contributed by atoms with Crippen LogP contribution in [0.4, 0.5) is 0 Å². The maximum atomic E-state index is 9.19. The molecule has 126 valence electrons. The summed E-state index contributed by atoms with van der Waals surface area (Å²) in [6.07, 6.45) is 7.66. The second-order valence-electron chi connectivity index (χ2n) is 5.98. The molecule has 0 spiro atoms. The van der Waals surface area contributed by atoms with Crippen molar-refractivity contribution in [2.24, 2.45) is 7.05 Å². The zero-order valence-electron chi connectivity index (χ0n) is 14.3. The predicted molar refractivity (Wildman–Crippen MR) is 102 cm³/mol. The Balaban J connectivity index is 1.86. The lowest BCUT2D eigenvalue weighted by Gasteiger charge is -2.03. The SMILES string of the molecule is C=Cc1nc(Cc2nc3cnc4ccc(C#N)cc4c3n2C)cn1C=C. The minimum absolute atomic E-state index is 0.576. The van der Waals surface area contributed by atoms with Crippen LogP contribution in [-0.4, -0.2) is 24.1 Å². The molecule has 0 aliphatic rings. The van der Waals surface area contributed by atoms with Crippen molar-refractivity contribution in [2.45, 2.75) is 6.42 Å². The van der Waals surface area contributed by atoms with Gasteiger partial charge in [0.2, 0.25) is 0 Å². The highest BCUT2D eigenvalue weighted by atomic mass is 15.1. The number of nitrogens with zero attached hydrogens (tertiary/aromatic N) is 6. The minimum atomic E-state index is 0.576. The topological polar surface area (TPSA) is 72.3 Å². The van der Waals surface area contributed by atoms with Crippen LogP contribution in [0.2, 0.25) is 0 Å². The van der Waals surface area contributed by atoms with E-state index in [1.165, 1.54) is 0 Å². The first-order chi connectivity index (χ1) is 12.6. The lowest BCUT2D eigenvalue weighted by Crippen LogP contribution is -1.99. The quantitative estimate of drug-likeness (QED) is 0.570. The molecule has 6 heteroatoms.